The summed E-state index contributed by atoms with van der Waals surface area (Å²) in [6.45, 7) is 2.04. The molecule has 2 N–H and O–H groups in total. The summed E-state index contributed by atoms with van der Waals surface area (Å²) in [5.41, 5.74) is 1.51. The predicted octanol–water partition coefficient (Wildman–Crippen LogP) is 2.07. The summed E-state index contributed by atoms with van der Waals surface area (Å²) in [6.07, 6.45) is 0.676. The molecule has 0 aliphatic carbocycles. The van der Waals surface area contributed by atoms with E-state index in [1.165, 1.54) is 6.07 Å². The highest BCUT2D eigenvalue weighted by molar-refractivity contribution is 7.89. The van der Waals surface area contributed by atoms with Crippen LogP contribution in [0.1, 0.15) is 16.0 Å². The Balaban J connectivity index is 2.06. The van der Waals surface area contributed by atoms with Crippen LogP contribution in [-0.2, 0) is 23.1 Å². The van der Waals surface area contributed by atoms with E-state index < -0.39 is 10.0 Å². The fourth-order valence-corrected chi connectivity index (χ4v) is 3.62. The van der Waals surface area contributed by atoms with Crippen molar-refractivity contribution in [2.75, 3.05) is 6.54 Å². The molecule has 2 aromatic rings. The molecule has 0 aliphatic heterocycles. The van der Waals surface area contributed by atoms with Gasteiger partial charge in [0.2, 0.25) is 10.0 Å². The summed E-state index contributed by atoms with van der Waals surface area (Å²) >= 11 is 1.61. The van der Waals surface area contributed by atoms with Crippen LogP contribution in [0.2, 0.25) is 0 Å². The summed E-state index contributed by atoms with van der Waals surface area (Å²) in [5, 5.41) is 11.2. The van der Waals surface area contributed by atoms with Gasteiger partial charge in [-0.2, -0.15) is 0 Å². The molecule has 4 nitrogen and oxygen atoms in total. The molecule has 108 valence electrons. The number of nitrogens with one attached hydrogen (secondary N) is 1. The minimum atomic E-state index is -3.52. The highest BCUT2D eigenvalue weighted by Gasteiger charge is 2.14. The molecule has 0 radical (unpaired) electrons. The number of rotatable bonds is 6. The third-order valence-electron chi connectivity index (χ3n) is 3.04. The molecule has 0 amide bonds. The van der Waals surface area contributed by atoms with Crippen LogP contribution in [0.3, 0.4) is 0 Å². The molecule has 0 fully saturated rings. The Morgan fingerprint density at radius 2 is 2.10 bits per heavy atom. The first-order chi connectivity index (χ1) is 9.53. The second kappa shape index (κ2) is 6.49. The Hall–Kier alpha value is -1.21. The van der Waals surface area contributed by atoms with E-state index >= 15 is 0 Å². The molecule has 0 aliphatic rings. The zero-order valence-corrected chi connectivity index (χ0v) is 12.8. The van der Waals surface area contributed by atoms with Gasteiger partial charge in [0.15, 0.2) is 0 Å². The molecule has 0 bridgehead atoms. The van der Waals surface area contributed by atoms with Crippen molar-refractivity contribution in [1.29, 1.82) is 0 Å². The normalized spacial score (nSPS) is 11.7. The van der Waals surface area contributed by atoms with Crippen LogP contribution in [0.25, 0.3) is 0 Å². The molecule has 0 atom stereocenters. The molecule has 1 heterocycles. The van der Waals surface area contributed by atoms with E-state index in [4.69, 9.17) is 0 Å². The number of hydrogen-bond acceptors (Lipinski definition) is 4. The lowest BCUT2D eigenvalue weighted by Gasteiger charge is -2.09. The standard InChI is InChI=1S/C14H17NO3S2/c1-11-4-5-14(9-12(11)10-16)20(17,18)15-7-6-13-3-2-8-19-13/h2-5,8-9,15-16H,6-7,10H2,1H3. The lowest BCUT2D eigenvalue weighted by atomic mass is 10.1. The molecule has 1 aromatic heterocycles. The zero-order chi connectivity index (χ0) is 14.6. The van der Waals surface area contributed by atoms with Gasteiger partial charge in [-0.25, -0.2) is 13.1 Å². The lowest BCUT2D eigenvalue weighted by Crippen LogP contribution is -2.26. The Bertz CT molecular complexity index is 664. The number of aliphatic hydroxyl groups is 1. The Kier molecular flexibility index (Phi) is 4.93. The Labute approximate surface area is 123 Å². The van der Waals surface area contributed by atoms with Gasteiger partial charge in [-0.15, -0.1) is 11.3 Å². The summed E-state index contributed by atoms with van der Waals surface area (Å²) in [5.74, 6) is 0. The monoisotopic (exact) mass is 311 g/mol. The molecule has 20 heavy (non-hydrogen) atoms. The average molecular weight is 311 g/mol. The van der Waals surface area contributed by atoms with Gasteiger partial charge in [-0.1, -0.05) is 12.1 Å². The van der Waals surface area contributed by atoms with Gasteiger partial charge in [0, 0.05) is 11.4 Å². The van der Waals surface area contributed by atoms with Crippen molar-refractivity contribution >= 4 is 21.4 Å². The second-order valence-corrected chi connectivity index (χ2v) is 7.27. The van der Waals surface area contributed by atoms with Gasteiger partial charge in [0.25, 0.3) is 0 Å². The Morgan fingerprint density at radius 3 is 2.75 bits per heavy atom. The van der Waals surface area contributed by atoms with Gasteiger partial charge in [-0.3, -0.25) is 0 Å². The van der Waals surface area contributed by atoms with Crippen molar-refractivity contribution < 1.29 is 13.5 Å². The molecule has 1 aromatic carbocycles. The van der Waals surface area contributed by atoms with Crippen LogP contribution in [0.5, 0.6) is 0 Å². The van der Waals surface area contributed by atoms with Crippen molar-refractivity contribution in [2.45, 2.75) is 24.8 Å². The number of hydrogen-bond donors (Lipinski definition) is 2. The maximum absolute atomic E-state index is 12.2. The van der Waals surface area contributed by atoms with Crippen LogP contribution in [0.15, 0.2) is 40.6 Å². The first kappa shape index (κ1) is 15.2. The molecule has 6 heteroatoms. The summed E-state index contributed by atoms with van der Waals surface area (Å²) in [6, 6.07) is 8.71. The van der Waals surface area contributed by atoms with Gasteiger partial charge in [0.05, 0.1) is 11.5 Å². The molecule has 0 spiro atoms. The van der Waals surface area contributed by atoms with Gasteiger partial charge in [0.1, 0.15) is 0 Å². The second-order valence-electron chi connectivity index (χ2n) is 4.47. The number of benzene rings is 1. The minimum Gasteiger partial charge on any atom is -0.392 e. The SMILES string of the molecule is Cc1ccc(S(=O)(=O)NCCc2cccs2)cc1CO. The van der Waals surface area contributed by atoms with E-state index in [0.29, 0.717) is 18.5 Å². The highest BCUT2D eigenvalue weighted by Crippen LogP contribution is 2.16. The molecule has 2 rings (SSSR count). The smallest absolute Gasteiger partial charge is 0.240 e. The number of aryl methyl sites for hydroxylation is 1. The highest BCUT2D eigenvalue weighted by atomic mass is 32.2. The van der Waals surface area contributed by atoms with Crippen LogP contribution in [-0.4, -0.2) is 20.1 Å². The van der Waals surface area contributed by atoms with Gasteiger partial charge >= 0.3 is 0 Å². The molecular weight excluding hydrogens is 294 g/mol. The van der Waals surface area contributed by atoms with Gasteiger partial charge < -0.3 is 5.11 Å². The van der Waals surface area contributed by atoms with E-state index in [1.54, 1.807) is 23.5 Å². The number of aliphatic hydroxyl groups excluding tert-OH is 1. The zero-order valence-electron chi connectivity index (χ0n) is 11.2. The predicted molar refractivity (Wildman–Crippen MR) is 80.3 cm³/mol. The van der Waals surface area contributed by atoms with Crippen molar-refractivity contribution in [3.63, 3.8) is 0 Å². The van der Waals surface area contributed by atoms with Gasteiger partial charge in [-0.05, 0) is 48.1 Å². The van der Waals surface area contributed by atoms with E-state index in [1.807, 2.05) is 24.4 Å². The van der Waals surface area contributed by atoms with E-state index in [9.17, 15) is 13.5 Å². The quantitative estimate of drug-likeness (QED) is 0.858. The average Bonchev–Trinajstić information content (AvgIpc) is 2.92. The van der Waals surface area contributed by atoms with Crippen LogP contribution in [0.4, 0.5) is 0 Å². The minimum absolute atomic E-state index is 0.162. The van der Waals surface area contributed by atoms with E-state index in [-0.39, 0.29) is 11.5 Å². The maximum Gasteiger partial charge on any atom is 0.240 e. The largest absolute Gasteiger partial charge is 0.392 e. The third-order valence-corrected chi connectivity index (χ3v) is 5.44. The first-order valence-electron chi connectivity index (χ1n) is 6.25. The Morgan fingerprint density at radius 1 is 1.30 bits per heavy atom. The number of sulfonamides is 1. The molecule has 0 saturated heterocycles. The summed E-state index contributed by atoms with van der Waals surface area (Å²) < 4.78 is 26.9. The van der Waals surface area contributed by atoms with Crippen molar-refractivity contribution in [3.8, 4) is 0 Å². The third kappa shape index (κ3) is 3.67. The topological polar surface area (TPSA) is 66.4 Å². The van der Waals surface area contributed by atoms with Crippen molar-refractivity contribution in [1.82, 2.24) is 4.72 Å². The maximum atomic E-state index is 12.2. The fourth-order valence-electron chi connectivity index (χ4n) is 1.83. The van der Waals surface area contributed by atoms with E-state index in [0.717, 1.165) is 10.4 Å². The van der Waals surface area contributed by atoms with Crippen LogP contribution in [0, 0.1) is 6.92 Å². The summed E-state index contributed by atoms with van der Waals surface area (Å²) in [7, 11) is -3.52. The molecular formula is C14H17NO3S2. The molecule has 0 unspecified atom stereocenters. The van der Waals surface area contributed by atoms with Crippen LogP contribution >= 0.6 is 11.3 Å². The number of thiophene rings is 1. The van der Waals surface area contributed by atoms with Crippen molar-refractivity contribution in [3.05, 3.63) is 51.7 Å². The van der Waals surface area contributed by atoms with E-state index in [2.05, 4.69) is 4.72 Å². The lowest BCUT2D eigenvalue weighted by molar-refractivity contribution is 0.280. The molecule has 0 saturated carbocycles. The first-order valence-corrected chi connectivity index (χ1v) is 8.61. The fraction of sp³-hybridized carbons (Fsp3) is 0.286. The van der Waals surface area contributed by atoms with Crippen molar-refractivity contribution in [2.24, 2.45) is 0 Å². The summed E-state index contributed by atoms with van der Waals surface area (Å²) in [4.78, 5) is 1.34. The van der Waals surface area contributed by atoms with Crippen LogP contribution < -0.4 is 4.72 Å².